The van der Waals surface area contributed by atoms with Crippen LogP contribution in [0.3, 0.4) is 0 Å². The minimum absolute atomic E-state index is 0.149. The molecule has 0 fully saturated rings. The first-order valence-electron chi connectivity index (χ1n) is 6.69. The number of fused-ring (bicyclic) bond motifs is 1. The van der Waals surface area contributed by atoms with Crippen LogP contribution in [-0.4, -0.2) is 12.6 Å². The summed E-state index contributed by atoms with van der Waals surface area (Å²) < 4.78 is 5.11. The Labute approximate surface area is 113 Å². The predicted molar refractivity (Wildman–Crippen MR) is 75.2 cm³/mol. The largest absolute Gasteiger partial charge is 0.462 e. The predicted octanol–water partition coefficient (Wildman–Crippen LogP) is 4.08. The Morgan fingerprint density at radius 1 is 1.50 bits per heavy atom. The van der Waals surface area contributed by atoms with Crippen LogP contribution in [0.4, 0.5) is 0 Å². The Hall–Kier alpha value is -0.830. The van der Waals surface area contributed by atoms with Crippen LogP contribution in [0, 0.1) is 11.3 Å². The van der Waals surface area contributed by atoms with E-state index in [0.717, 1.165) is 24.3 Å². The van der Waals surface area contributed by atoms with Gasteiger partial charge < -0.3 is 4.74 Å². The lowest BCUT2D eigenvalue weighted by atomic mass is 9.72. The lowest BCUT2D eigenvalue weighted by Crippen LogP contribution is -2.26. The lowest BCUT2D eigenvalue weighted by molar-refractivity contribution is 0.0525. The van der Waals surface area contributed by atoms with Crippen molar-refractivity contribution in [2.24, 2.45) is 11.3 Å². The maximum Gasteiger partial charge on any atom is 0.339 e. The first kappa shape index (κ1) is 13.6. The Balaban J connectivity index is 2.20. The SMILES string of the molecule is CCOC(=O)c1csc2c1CC[C@@H](C(C)(C)C)C2. The lowest BCUT2D eigenvalue weighted by Gasteiger charge is -2.33. The van der Waals surface area contributed by atoms with Crippen LogP contribution >= 0.6 is 11.3 Å². The first-order valence-corrected chi connectivity index (χ1v) is 7.57. The summed E-state index contributed by atoms with van der Waals surface area (Å²) in [5.74, 6) is 0.572. The van der Waals surface area contributed by atoms with Gasteiger partial charge in [-0.15, -0.1) is 11.3 Å². The topological polar surface area (TPSA) is 26.3 Å². The van der Waals surface area contributed by atoms with E-state index >= 15 is 0 Å². The summed E-state index contributed by atoms with van der Waals surface area (Å²) in [7, 11) is 0. The van der Waals surface area contributed by atoms with Crippen molar-refractivity contribution in [2.45, 2.75) is 47.0 Å². The maximum absolute atomic E-state index is 11.8. The molecule has 0 amide bonds. The van der Waals surface area contributed by atoms with Gasteiger partial charge in [0.2, 0.25) is 0 Å². The molecule has 0 spiro atoms. The third kappa shape index (κ3) is 2.61. The minimum Gasteiger partial charge on any atom is -0.462 e. The van der Waals surface area contributed by atoms with Gasteiger partial charge in [0.15, 0.2) is 0 Å². The van der Waals surface area contributed by atoms with E-state index in [-0.39, 0.29) is 5.97 Å². The van der Waals surface area contributed by atoms with E-state index in [9.17, 15) is 4.79 Å². The van der Waals surface area contributed by atoms with Crippen molar-refractivity contribution in [3.63, 3.8) is 0 Å². The molecule has 0 aromatic carbocycles. The van der Waals surface area contributed by atoms with Crippen LogP contribution < -0.4 is 0 Å². The molecule has 0 N–H and O–H groups in total. The fraction of sp³-hybridized carbons (Fsp3) is 0.667. The number of rotatable bonds is 2. The molecule has 1 aliphatic carbocycles. The van der Waals surface area contributed by atoms with Crippen molar-refractivity contribution in [3.8, 4) is 0 Å². The standard InChI is InChI=1S/C15H22O2S/c1-5-17-14(16)12-9-18-13-8-10(15(2,3)4)6-7-11(12)13/h9-10H,5-8H2,1-4H3/t10-/m1/s1. The van der Waals surface area contributed by atoms with Crippen molar-refractivity contribution in [3.05, 3.63) is 21.4 Å². The highest BCUT2D eigenvalue weighted by Gasteiger charge is 2.31. The third-order valence-electron chi connectivity index (χ3n) is 3.88. The molecule has 0 unspecified atom stereocenters. The zero-order chi connectivity index (χ0) is 13.3. The van der Waals surface area contributed by atoms with Crippen molar-refractivity contribution >= 4 is 17.3 Å². The smallest absolute Gasteiger partial charge is 0.339 e. The fourth-order valence-electron chi connectivity index (χ4n) is 2.63. The molecule has 1 heterocycles. The second-order valence-electron chi connectivity index (χ2n) is 6.08. The van der Waals surface area contributed by atoms with E-state index in [1.165, 1.54) is 16.9 Å². The number of thiophene rings is 1. The monoisotopic (exact) mass is 266 g/mol. The molecule has 0 saturated carbocycles. The van der Waals surface area contributed by atoms with Crippen LogP contribution in [0.5, 0.6) is 0 Å². The fourth-order valence-corrected chi connectivity index (χ4v) is 3.78. The Bertz CT molecular complexity index is 440. The average molecular weight is 266 g/mol. The van der Waals surface area contributed by atoms with Crippen molar-refractivity contribution < 1.29 is 9.53 Å². The highest BCUT2D eigenvalue weighted by atomic mass is 32.1. The van der Waals surface area contributed by atoms with Gasteiger partial charge in [-0.05, 0) is 43.1 Å². The second-order valence-corrected chi connectivity index (χ2v) is 7.04. The van der Waals surface area contributed by atoms with E-state index in [0.29, 0.717) is 12.0 Å². The van der Waals surface area contributed by atoms with Gasteiger partial charge in [-0.1, -0.05) is 20.8 Å². The van der Waals surface area contributed by atoms with E-state index in [2.05, 4.69) is 20.8 Å². The molecular formula is C15H22O2S. The van der Waals surface area contributed by atoms with Crippen molar-refractivity contribution in [2.75, 3.05) is 6.61 Å². The number of hydrogen-bond donors (Lipinski definition) is 0. The van der Waals surface area contributed by atoms with Gasteiger partial charge in [0.05, 0.1) is 12.2 Å². The molecule has 100 valence electrons. The molecule has 1 aromatic rings. The van der Waals surface area contributed by atoms with Gasteiger partial charge in [0.25, 0.3) is 0 Å². The average Bonchev–Trinajstić information content (AvgIpc) is 2.70. The van der Waals surface area contributed by atoms with Crippen LogP contribution in [0.2, 0.25) is 0 Å². The summed E-state index contributed by atoms with van der Waals surface area (Å²) in [4.78, 5) is 13.2. The molecule has 0 saturated heterocycles. The number of esters is 1. The Morgan fingerprint density at radius 3 is 2.83 bits per heavy atom. The van der Waals surface area contributed by atoms with Crippen molar-refractivity contribution in [1.82, 2.24) is 0 Å². The van der Waals surface area contributed by atoms with E-state index in [4.69, 9.17) is 4.74 Å². The first-order chi connectivity index (χ1) is 8.43. The summed E-state index contributed by atoms with van der Waals surface area (Å²) in [5.41, 5.74) is 2.41. The summed E-state index contributed by atoms with van der Waals surface area (Å²) in [6, 6.07) is 0. The molecule has 0 bridgehead atoms. The minimum atomic E-state index is -0.149. The Morgan fingerprint density at radius 2 is 2.22 bits per heavy atom. The highest BCUT2D eigenvalue weighted by molar-refractivity contribution is 7.10. The molecule has 1 aromatic heterocycles. The van der Waals surface area contributed by atoms with Crippen LogP contribution in [-0.2, 0) is 17.6 Å². The molecule has 0 radical (unpaired) electrons. The molecule has 1 aliphatic rings. The van der Waals surface area contributed by atoms with E-state index in [1.807, 2.05) is 12.3 Å². The molecule has 0 aliphatic heterocycles. The Kier molecular flexibility index (Phi) is 3.81. The van der Waals surface area contributed by atoms with Gasteiger partial charge in [-0.2, -0.15) is 0 Å². The van der Waals surface area contributed by atoms with Gasteiger partial charge in [0, 0.05) is 10.3 Å². The van der Waals surface area contributed by atoms with Crippen LogP contribution in [0.1, 0.15) is 54.9 Å². The zero-order valence-corrected chi connectivity index (χ0v) is 12.5. The number of hydrogen-bond acceptors (Lipinski definition) is 3. The molecule has 18 heavy (non-hydrogen) atoms. The van der Waals surface area contributed by atoms with Crippen LogP contribution in [0.15, 0.2) is 5.38 Å². The van der Waals surface area contributed by atoms with Crippen LogP contribution in [0.25, 0.3) is 0 Å². The molecule has 2 rings (SSSR count). The summed E-state index contributed by atoms with van der Waals surface area (Å²) >= 11 is 1.73. The van der Waals surface area contributed by atoms with Crippen molar-refractivity contribution in [1.29, 1.82) is 0 Å². The molecule has 2 nitrogen and oxygen atoms in total. The quantitative estimate of drug-likeness (QED) is 0.754. The summed E-state index contributed by atoms with van der Waals surface area (Å²) in [6.45, 7) is 9.23. The number of ether oxygens (including phenoxy) is 1. The second kappa shape index (κ2) is 5.04. The van der Waals surface area contributed by atoms with Gasteiger partial charge in [-0.3, -0.25) is 0 Å². The van der Waals surface area contributed by atoms with Gasteiger partial charge in [0.1, 0.15) is 0 Å². The molecular weight excluding hydrogens is 244 g/mol. The molecule has 1 atom stereocenters. The zero-order valence-electron chi connectivity index (χ0n) is 11.7. The highest BCUT2D eigenvalue weighted by Crippen LogP contribution is 2.40. The normalized spacial score (nSPS) is 19.4. The third-order valence-corrected chi connectivity index (χ3v) is 4.93. The van der Waals surface area contributed by atoms with E-state index < -0.39 is 0 Å². The summed E-state index contributed by atoms with van der Waals surface area (Å²) in [5, 5.41) is 1.98. The maximum atomic E-state index is 11.8. The van der Waals surface area contributed by atoms with Gasteiger partial charge >= 0.3 is 5.97 Å². The van der Waals surface area contributed by atoms with Gasteiger partial charge in [-0.25, -0.2) is 4.79 Å². The number of carbonyl (C=O) groups is 1. The van der Waals surface area contributed by atoms with E-state index in [1.54, 1.807) is 11.3 Å². The molecule has 3 heteroatoms. The number of carbonyl (C=O) groups excluding carboxylic acids is 1. The summed E-state index contributed by atoms with van der Waals surface area (Å²) in [6.07, 6.45) is 3.32.